The Kier molecular flexibility index (Phi) is 5.64. The van der Waals surface area contributed by atoms with Gasteiger partial charge in [0, 0.05) is 24.6 Å². The highest BCUT2D eigenvalue weighted by atomic mass is 19.1. The molecule has 0 spiro atoms. The number of hydrogen-bond donors (Lipinski definition) is 1. The van der Waals surface area contributed by atoms with Crippen molar-refractivity contribution in [3.63, 3.8) is 0 Å². The van der Waals surface area contributed by atoms with Crippen molar-refractivity contribution >= 4 is 11.8 Å². The summed E-state index contributed by atoms with van der Waals surface area (Å²) in [7, 11) is 0. The molecule has 0 aliphatic carbocycles. The van der Waals surface area contributed by atoms with Crippen molar-refractivity contribution < 1.29 is 23.5 Å². The molecule has 2 amide bonds. The lowest BCUT2D eigenvalue weighted by Gasteiger charge is -2.32. The average Bonchev–Trinajstić information content (AvgIpc) is 2.77. The van der Waals surface area contributed by atoms with Gasteiger partial charge in [0.2, 0.25) is 5.91 Å². The van der Waals surface area contributed by atoms with Crippen molar-refractivity contribution in [2.45, 2.75) is 18.9 Å². The van der Waals surface area contributed by atoms with Crippen LogP contribution in [0, 0.1) is 11.7 Å². The maximum Gasteiger partial charge on any atom is 0.253 e. The Hall–Kier alpha value is -3.09. The maximum absolute atomic E-state index is 13.0. The van der Waals surface area contributed by atoms with Gasteiger partial charge in [0.25, 0.3) is 5.91 Å². The predicted octanol–water partition coefficient (Wildman–Crippen LogP) is 2.63. The summed E-state index contributed by atoms with van der Waals surface area (Å²) in [6.45, 7) is 1.78. The van der Waals surface area contributed by atoms with Crippen LogP contribution in [-0.2, 0) is 4.79 Å². The normalized spacial score (nSPS) is 18.9. The Balaban J connectivity index is 1.23. The van der Waals surface area contributed by atoms with E-state index in [-0.39, 0.29) is 29.7 Å². The third-order valence-corrected chi connectivity index (χ3v) is 5.32. The zero-order valence-electron chi connectivity index (χ0n) is 16.0. The van der Waals surface area contributed by atoms with E-state index in [2.05, 4.69) is 5.32 Å². The zero-order chi connectivity index (χ0) is 20.2. The Morgan fingerprint density at radius 2 is 1.72 bits per heavy atom. The van der Waals surface area contributed by atoms with Gasteiger partial charge in [-0.3, -0.25) is 9.59 Å². The molecule has 1 atom stereocenters. The van der Waals surface area contributed by atoms with Crippen molar-refractivity contribution in [1.82, 2.24) is 10.2 Å². The highest BCUT2D eigenvalue weighted by molar-refractivity contribution is 5.94. The first-order chi connectivity index (χ1) is 14.1. The molecule has 0 bridgehead atoms. The number of rotatable bonds is 4. The number of fused-ring (bicyclic) bond motifs is 1. The highest BCUT2D eigenvalue weighted by Crippen LogP contribution is 2.30. The standard InChI is InChI=1S/C22H23FN2O4/c23-17-7-5-16(6-8-17)22(27)25-11-9-15(10-12-25)21(26)24-13-18-14-28-19-3-1-2-4-20(19)29-18/h1-8,15,18H,9-14H2,(H,24,26)/t18-/m0/s1. The van der Waals surface area contributed by atoms with Crippen LogP contribution >= 0.6 is 0 Å². The Labute approximate surface area is 168 Å². The third kappa shape index (κ3) is 4.50. The lowest BCUT2D eigenvalue weighted by molar-refractivity contribution is -0.126. The number of hydrogen-bond acceptors (Lipinski definition) is 4. The van der Waals surface area contributed by atoms with E-state index in [9.17, 15) is 14.0 Å². The highest BCUT2D eigenvalue weighted by Gasteiger charge is 2.29. The molecule has 1 saturated heterocycles. The van der Waals surface area contributed by atoms with Crippen LogP contribution in [0.2, 0.25) is 0 Å². The molecule has 7 heteroatoms. The SMILES string of the molecule is O=C(NC[C@H]1COc2ccccc2O1)C1CCN(C(=O)c2ccc(F)cc2)CC1. The predicted molar refractivity (Wildman–Crippen MR) is 104 cm³/mol. The van der Waals surface area contributed by atoms with Crippen LogP contribution in [0.15, 0.2) is 48.5 Å². The van der Waals surface area contributed by atoms with Crippen molar-refractivity contribution in [1.29, 1.82) is 0 Å². The summed E-state index contributed by atoms with van der Waals surface area (Å²) < 4.78 is 24.5. The Morgan fingerprint density at radius 3 is 2.45 bits per heavy atom. The first-order valence-corrected chi connectivity index (χ1v) is 9.81. The molecular weight excluding hydrogens is 375 g/mol. The second kappa shape index (κ2) is 8.51. The number of carbonyl (C=O) groups is 2. The summed E-state index contributed by atoms with van der Waals surface area (Å²) in [6, 6.07) is 13.0. The molecule has 2 heterocycles. The van der Waals surface area contributed by atoms with Gasteiger partial charge >= 0.3 is 0 Å². The second-order valence-corrected chi connectivity index (χ2v) is 7.32. The van der Waals surface area contributed by atoms with Crippen molar-refractivity contribution in [2.75, 3.05) is 26.2 Å². The van der Waals surface area contributed by atoms with Gasteiger partial charge in [0.15, 0.2) is 11.5 Å². The van der Waals surface area contributed by atoms with Crippen LogP contribution in [0.3, 0.4) is 0 Å². The van der Waals surface area contributed by atoms with E-state index in [0.717, 1.165) is 0 Å². The van der Waals surface area contributed by atoms with Crippen molar-refractivity contribution in [2.24, 2.45) is 5.92 Å². The Bertz CT molecular complexity index is 879. The monoisotopic (exact) mass is 398 g/mol. The number of amides is 2. The van der Waals surface area contributed by atoms with Gasteiger partial charge in [-0.25, -0.2) is 4.39 Å². The summed E-state index contributed by atoms with van der Waals surface area (Å²) in [6.07, 6.45) is 0.974. The van der Waals surface area contributed by atoms with Crippen molar-refractivity contribution in [3.05, 3.63) is 59.9 Å². The molecule has 1 N–H and O–H groups in total. The van der Waals surface area contributed by atoms with Crippen LogP contribution in [-0.4, -0.2) is 49.1 Å². The minimum Gasteiger partial charge on any atom is -0.486 e. The van der Waals surface area contributed by atoms with Gasteiger partial charge < -0.3 is 19.7 Å². The van der Waals surface area contributed by atoms with Crippen LogP contribution < -0.4 is 14.8 Å². The third-order valence-electron chi connectivity index (χ3n) is 5.32. The van der Waals surface area contributed by atoms with E-state index in [0.29, 0.717) is 56.1 Å². The number of nitrogens with one attached hydrogen (secondary N) is 1. The van der Waals surface area contributed by atoms with Gasteiger partial charge in [-0.05, 0) is 49.2 Å². The molecule has 152 valence electrons. The van der Waals surface area contributed by atoms with E-state index in [1.807, 2.05) is 24.3 Å². The van der Waals surface area contributed by atoms with E-state index in [1.165, 1.54) is 24.3 Å². The quantitative estimate of drug-likeness (QED) is 0.860. The van der Waals surface area contributed by atoms with Crippen LogP contribution in [0.1, 0.15) is 23.2 Å². The number of benzene rings is 2. The van der Waals surface area contributed by atoms with E-state index in [1.54, 1.807) is 4.90 Å². The number of halogens is 1. The number of piperidine rings is 1. The first kappa shape index (κ1) is 19.2. The molecule has 2 aromatic rings. The summed E-state index contributed by atoms with van der Waals surface area (Å²) in [5, 5.41) is 2.95. The number of ether oxygens (including phenoxy) is 2. The molecule has 6 nitrogen and oxygen atoms in total. The van der Waals surface area contributed by atoms with E-state index >= 15 is 0 Å². The fourth-order valence-corrected chi connectivity index (χ4v) is 3.64. The van der Waals surface area contributed by atoms with Crippen LogP contribution in [0.5, 0.6) is 11.5 Å². The molecule has 0 aromatic heterocycles. The van der Waals surface area contributed by atoms with Gasteiger partial charge in [0.05, 0.1) is 6.54 Å². The molecule has 29 heavy (non-hydrogen) atoms. The lowest BCUT2D eigenvalue weighted by Crippen LogP contribution is -2.46. The number of para-hydroxylation sites is 2. The topological polar surface area (TPSA) is 67.9 Å². The second-order valence-electron chi connectivity index (χ2n) is 7.32. The van der Waals surface area contributed by atoms with Gasteiger partial charge in [-0.1, -0.05) is 12.1 Å². The molecule has 4 rings (SSSR count). The van der Waals surface area contributed by atoms with Gasteiger partial charge in [-0.15, -0.1) is 0 Å². The first-order valence-electron chi connectivity index (χ1n) is 9.81. The summed E-state index contributed by atoms with van der Waals surface area (Å²) in [5.74, 6) is 0.743. The molecule has 2 aromatic carbocycles. The molecule has 0 radical (unpaired) electrons. The summed E-state index contributed by atoms with van der Waals surface area (Å²) in [4.78, 5) is 26.7. The fourth-order valence-electron chi connectivity index (χ4n) is 3.64. The molecule has 0 saturated carbocycles. The van der Waals surface area contributed by atoms with E-state index in [4.69, 9.17) is 9.47 Å². The lowest BCUT2D eigenvalue weighted by atomic mass is 9.95. The largest absolute Gasteiger partial charge is 0.486 e. The molecule has 2 aliphatic rings. The fraction of sp³-hybridized carbons (Fsp3) is 0.364. The zero-order valence-corrected chi connectivity index (χ0v) is 16.0. The average molecular weight is 398 g/mol. The molecular formula is C22H23FN2O4. The Morgan fingerprint density at radius 1 is 1.03 bits per heavy atom. The minimum absolute atomic E-state index is 0.0265. The molecule has 0 unspecified atom stereocenters. The van der Waals surface area contributed by atoms with Crippen molar-refractivity contribution in [3.8, 4) is 11.5 Å². The number of carbonyl (C=O) groups excluding carboxylic acids is 2. The smallest absolute Gasteiger partial charge is 0.253 e. The van der Waals surface area contributed by atoms with Crippen LogP contribution in [0.4, 0.5) is 4.39 Å². The minimum atomic E-state index is -0.368. The molecule has 1 fully saturated rings. The number of likely N-dealkylation sites (tertiary alicyclic amines) is 1. The molecule has 2 aliphatic heterocycles. The van der Waals surface area contributed by atoms with Gasteiger partial charge in [-0.2, -0.15) is 0 Å². The van der Waals surface area contributed by atoms with Crippen LogP contribution in [0.25, 0.3) is 0 Å². The maximum atomic E-state index is 13.0. The summed E-state index contributed by atoms with van der Waals surface area (Å²) in [5.41, 5.74) is 0.462. The van der Waals surface area contributed by atoms with Gasteiger partial charge in [0.1, 0.15) is 18.5 Å². The van der Waals surface area contributed by atoms with E-state index < -0.39 is 0 Å². The number of nitrogens with zero attached hydrogens (tertiary/aromatic N) is 1. The summed E-state index contributed by atoms with van der Waals surface area (Å²) >= 11 is 0.